The van der Waals surface area contributed by atoms with Gasteiger partial charge in [-0.05, 0) is 62.8 Å². The molecule has 0 heterocycles. The lowest BCUT2D eigenvalue weighted by Gasteiger charge is -2.22. The van der Waals surface area contributed by atoms with E-state index < -0.39 is 6.10 Å². The number of rotatable bonds is 5. The number of aryl methyl sites for hydroxylation is 1. The molecule has 0 amide bonds. The highest BCUT2D eigenvalue weighted by molar-refractivity contribution is 6.09. The maximum atomic E-state index is 9.60. The summed E-state index contributed by atoms with van der Waals surface area (Å²) in [5.41, 5.74) is 3.97. The van der Waals surface area contributed by atoms with Gasteiger partial charge in [0.15, 0.2) is 0 Å². The van der Waals surface area contributed by atoms with Crippen molar-refractivity contribution < 1.29 is 9.84 Å². The van der Waals surface area contributed by atoms with Crippen molar-refractivity contribution in [2.75, 3.05) is 25.1 Å². The summed E-state index contributed by atoms with van der Waals surface area (Å²) in [5, 5.41) is 9.60. The summed E-state index contributed by atoms with van der Waals surface area (Å²) in [4.78, 5) is 6.97. The fraction of sp³-hybridized carbons (Fsp3) is 0.389. The first kappa shape index (κ1) is 16.3. The third-order valence-corrected chi connectivity index (χ3v) is 3.80. The Kier molecular flexibility index (Phi) is 5.39. The van der Waals surface area contributed by atoms with Gasteiger partial charge in [-0.2, -0.15) is 0 Å². The van der Waals surface area contributed by atoms with E-state index in [-0.39, 0.29) is 0 Å². The minimum absolute atomic E-state index is 0.599. The zero-order chi connectivity index (χ0) is 16.1. The van der Waals surface area contributed by atoms with Crippen molar-refractivity contribution in [1.82, 2.24) is 0 Å². The van der Waals surface area contributed by atoms with Gasteiger partial charge in [-0.15, -0.1) is 0 Å². The largest absolute Gasteiger partial charge is 0.495 e. The van der Waals surface area contributed by atoms with Crippen LogP contribution in [-0.4, -0.2) is 37.1 Å². The summed E-state index contributed by atoms with van der Waals surface area (Å²) in [6.07, 6.45) is 4.53. The Bertz CT molecular complexity index is 614. The normalized spacial score (nSPS) is 19.2. The zero-order valence-electron chi connectivity index (χ0n) is 13.7. The van der Waals surface area contributed by atoms with E-state index in [0.29, 0.717) is 5.76 Å². The highest BCUT2D eigenvalue weighted by Crippen LogP contribution is 2.26. The van der Waals surface area contributed by atoms with Crippen molar-refractivity contribution in [2.24, 2.45) is 4.99 Å². The van der Waals surface area contributed by atoms with E-state index in [9.17, 15) is 5.11 Å². The van der Waals surface area contributed by atoms with Gasteiger partial charge in [-0.1, -0.05) is 0 Å². The van der Waals surface area contributed by atoms with Gasteiger partial charge in [0.1, 0.15) is 11.5 Å². The van der Waals surface area contributed by atoms with Gasteiger partial charge in [0.2, 0.25) is 0 Å². The van der Waals surface area contributed by atoms with Gasteiger partial charge in [0, 0.05) is 18.8 Å². The highest BCUT2D eigenvalue weighted by atomic mass is 16.5. The zero-order valence-corrected chi connectivity index (χ0v) is 13.7. The van der Waals surface area contributed by atoms with Gasteiger partial charge in [0.05, 0.1) is 18.9 Å². The lowest BCUT2D eigenvalue weighted by molar-refractivity contribution is 0.253. The molecule has 0 aliphatic heterocycles. The topological polar surface area (TPSA) is 45.1 Å². The number of methoxy groups -OCH3 is 1. The Morgan fingerprint density at radius 1 is 1.27 bits per heavy atom. The van der Waals surface area contributed by atoms with Crippen LogP contribution in [0.5, 0.6) is 0 Å². The molecule has 1 aliphatic carbocycles. The highest BCUT2D eigenvalue weighted by Gasteiger charge is 2.13. The Balaban J connectivity index is 2.32. The lowest BCUT2D eigenvalue weighted by atomic mass is 10.1. The molecule has 0 spiro atoms. The second-order valence-electron chi connectivity index (χ2n) is 5.22. The number of benzene rings is 1. The summed E-state index contributed by atoms with van der Waals surface area (Å²) in [5.74, 6) is 0.599. The van der Waals surface area contributed by atoms with E-state index in [1.165, 1.54) is 5.69 Å². The molecule has 0 saturated heterocycles. The fourth-order valence-electron chi connectivity index (χ4n) is 2.51. The SMILES string of the molecule is CCN(CC)c1ccc(/N=C2/C=CC(O)C=C2OC)c(C)c1. The van der Waals surface area contributed by atoms with Crippen LogP contribution in [0.15, 0.2) is 47.2 Å². The second kappa shape index (κ2) is 7.27. The Labute approximate surface area is 132 Å². The molecule has 0 fully saturated rings. The van der Waals surface area contributed by atoms with Crippen LogP contribution in [0, 0.1) is 6.92 Å². The first-order valence-corrected chi connectivity index (χ1v) is 7.65. The van der Waals surface area contributed by atoms with E-state index in [0.717, 1.165) is 30.1 Å². The number of anilines is 1. The molecule has 1 N–H and O–H groups in total. The Hall–Kier alpha value is -2.07. The Morgan fingerprint density at radius 3 is 2.59 bits per heavy atom. The Morgan fingerprint density at radius 2 is 2.00 bits per heavy atom. The molecule has 4 heteroatoms. The van der Waals surface area contributed by atoms with Crippen molar-refractivity contribution in [1.29, 1.82) is 0 Å². The van der Waals surface area contributed by atoms with Crippen LogP contribution in [0.3, 0.4) is 0 Å². The van der Waals surface area contributed by atoms with Crippen molar-refractivity contribution in [3.8, 4) is 0 Å². The van der Waals surface area contributed by atoms with E-state index in [4.69, 9.17) is 4.74 Å². The lowest BCUT2D eigenvalue weighted by Crippen LogP contribution is -2.21. The number of nitrogens with zero attached hydrogens (tertiary/aromatic N) is 2. The van der Waals surface area contributed by atoms with Crippen molar-refractivity contribution in [3.05, 3.63) is 47.7 Å². The molecule has 2 rings (SSSR count). The van der Waals surface area contributed by atoms with Crippen LogP contribution in [0.25, 0.3) is 0 Å². The molecule has 1 unspecified atom stereocenters. The molecule has 0 saturated carbocycles. The molecular weight excluding hydrogens is 276 g/mol. The van der Waals surface area contributed by atoms with E-state index in [2.05, 4.69) is 42.8 Å². The number of aliphatic imine (C=N–C) groups is 1. The van der Waals surface area contributed by atoms with Gasteiger partial charge >= 0.3 is 0 Å². The quantitative estimate of drug-likeness (QED) is 0.906. The molecule has 118 valence electrons. The first-order chi connectivity index (χ1) is 10.6. The van der Waals surface area contributed by atoms with E-state index >= 15 is 0 Å². The second-order valence-corrected chi connectivity index (χ2v) is 5.22. The van der Waals surface area contributed by atoms with Gasteiger partial charge in [-0.3, -0.25) is 0 Å². The molecule has 22 heavy (non-hydrogen) atoms. The van der Waals surface area contributed by atoms with Crippen molar-refractivity contribution in [2.45, 2.75) is 26.9 Å². The van der Waals surface area contributed by atoms with E-state index in [1.807, 2.05) is 6.07 Å². The number of allylic oxidation sites excluding steroid dienone is 1. The maximum absolute atomic E-state index is 9.60. The summed E-state index contributed by atoms with van der Waals surface area (Å²) in [7, 11) is 1.59. The van der Waals surface area contributed by atoms with Crippen molar-refractivity contribution >= 4 is 17.1 Å². The number of ether oxygens (including phenoxy) is 1. The van der Waals surface area contributed by atoms with Crippen LogP contribution in [0.4, 0.5) is 11.4 Å². The maximum Gasteiger partial charge on any atom is 0.143 e. The van der Waals surface area contributed by atoms with Crippen LogP contribution in [-0.2, 0) is 4.74 Å². The fourth-order valence-corrected chi connectivity index (χ4v) is 2.51. The third-order valence-electron chi connectivity index (χ3n) is 3.80. The standard InChI is InChI=1S/C18H24N2O2/c1-5-20(6-2)14-7-9-16(13(3)11-14)19-17-10-8-15(21)12-18(17)22-4/h7-12,15,21H,5-6H2,1-4H3/b19-17-. The smallest absolute Gasteiger partial charge is 0.143 e. The molecule has 1 aromatic carbocycles. The molecule has 1 aromatic rings. The summed E-state index contributed by atoms with van der Waals surface area (Å²) >= 11 is 0. The first-order valence-electron chi connectivity index (χ1n) is 7.65. The summed E-state index contributed by atoms with van der Waals surface area (Å²) in [6, 6.07) is 6.28. The number of hydrogen-bond donors (Lipinski definition) is 1. The third kappa shape index (κ3) is 3.57. The minimum atomic E-state index is -0.611. The minimum Gasteiger partial charge on any atom is -0.495 e. The monoisotopic (exact) mass is 300 g/mol. The molecule has 1 atom stereocenters. The van der Waals surface area contributed by atoms with Gasteiger partial charge in [0.25, 0.3) is 0 Å². The summed E-state index contributed by atoms with van der Waals surface area (Å²) in [6.45, 7) is 8.34. The summed E-state index contributed by atoms with van der Waals surface area (Å²) < 4.78 is 5.29. The van der Waals surface area contributed by atoms with Gasteiger partial charge < -0.3 is 14.7 Å². The van der Waals surface area contributed by atoms with Crippen molar-refractivity contribution in [3.63, 3.8) is 0 Å². The van der Waals surface area contributed by atoms with Gasteiger partial charge in [-0.25, -0.2) is 4.99 Å². The van der Waals surface area contributed by atoms with Crippen LogP contribution < -0.4 is 4.90 Å². The predicted octanol–water partition coefficient (Wildman–Crippen LogP) is 3.37. The average Bonchev–Trinajstić information content (AvgIpc) is 2.52. The van der Waals surface area contributed by atoms with Crippen LogP contribution in [0.1, 0.15) is 19.4 Å². The van der Waals surface area contributed by atoms with Crippen LogP contribution >= 0.6 is 0 Å². The molecule has 0 aromatic heterocycles. The molecular formula is C18H24N2O2. The molecule has 0 radical (unpaired) electrons. The number of hydrogen-bond acceptors (Lipinski definition) is 4. The molecule has 1 aliphatic rings. The molecule has 0 bridgehead atoms. The number of aliphatic hydroxyl groups excluding tert-OH is 1. The van der Waals surface area contributed by atoms with E-state index in [1.54, 1.807) is 25.3 Å². The average molecular weight is 300 g/mol. The molecule has 4 nitrogen and oxygen atoms in total. The van der Waals surface area contributed by atoms with Crippen LogP contribution in [0.2, 0.25) is 0 Å². The predicted molar refractivity (Wildman–Crippen MR) is 92.1 cm³/mol. The number of aliphatic hydroxyl groups is 1.